The topological polar surface area (TPSA) is 97.7 Å². The van der Waals surface area contributed by atoms with Crippen molar-refractivity contribution in [2.75, 3.05) is 18.5 Å². The summed E-state index contributed by atoms with van der Waals surface area (Å²) in [6.07, 6.45) is 3.22. The van der Waals surface area contributed by atoms with Crippen molar-refractivity contribution < 1.29 is 23.9 Å². The van der Waals surface area contributed by atoms with Crippen LogP contribution < -0.4 is 5.32 Å². The van der Waals surface area contributed by atoms with Crippen molar-refractivity contribution in [2.45, 2.75) is 33.6 Å². The maximum Gasteiger partial charge on any atom is 0.339 e. The fourth-order valence-corrected chi connectivity index (χ4v) is 5.54. The van der Waals surface area contributed by atoms with Gasteiger partial charge in [-0.05, 0) is 86.1 Å². The smallest absolute Gasteiger partial charge is 0.339 e. The molecular formula is C29H26Cl3N3O5S. The quantitative estimate of drug-likeness (QED) is 0.147. The lowest BCUT2D eigenvalue weighted by Crippen LogP contribution is -2.36. The van der Waals surface area contributed by atoms with Crippen molar-refractivity contribution in [3.05, 3.63) is 85.0 Å². The predicted octanol–water partition coefficient (Wildman–Crippen LogP) is 7.69. The molecular weight excluding hydrogens is 609 g/mol. The predicted molar refractivity (Wildman–Crippen MR) is 163 cm³/mol. The molecule has 0 radical (unpaired) electrons. The summed E-state index contributed by atoms with van der Waals surface area (Å²) in [4.78, 5) is 51.9. The molecule has 2 aromatic carbocycles. The monoisotopic (exact) mass is 633 g/mol. The van der Waals surface area contributed by atoms with E-state index in [4.69, 9.17) is 39.5 Å². The minimum absolute atomic E-state index is 0.105. The van der Waals surface area contributed by atoms with E-state index in [9.17, 15) is 19.2 Å². The van der Waals surface area contributed by atoms with Crippen LogP contribution in [0.3, 0.4) is 0 Å². The highest BCUT2D eigenvalue weighted by atomic mass is 35.5. The van der Waals surface area contributed by atoms with Crippen LogP contribution in [0.25, 0.3) is 11.8 Å². The standard InChI is InChI=1S/C29H26Cl3N3O5S/c1-4-5-10-40-28(38)21-13-19(6-8-22(21)30)33-26(36)15-34-27(37)25(41-29(34)39)12-18-11-16(2)35(17(18)3)20-7-9-23(31)24(32)14-20/h6-9,11-14H,4-5,10,15H2,1-3H3,(H,33,36)/b25-12-. The van der Waals surface area contributed by atoms with Gasteiger partial charge in [0.15, 0.2) is 0 Å². The summed E-state index contributed by atoms with van der Waals surface area (Å²) in [5.74, 6) is -1.79. The molecule has 0 unspecified atom stereocenters. The first-order valence-electron chi connectivity index (χ1n) is 12.7. The molecule has 3 aromatic rings. The van der Waals surface area contributed by atoms with Crippen LogP contribution in [0.15, 0.2) is 47.4 Å². The largest absolute Gasteiger partial charge is 0.462 e. The zero-order valence-electron chi connectivity index (χ0n) is 22.4. The van der Waals surface area contributed by atoms with Gasteiger partial charge >= 0.3 is 5.97 Å². The molecule has 0 aliphatic carbocycles. The van der Waals surface area contributed by atoms with E-state index in [0.29, 0.717) is 16.5 Å². The molecule has 1 fully saturated rings. The number of nitrogens with zero attached hydrogens (tertiary/aromatic N) is 2. The average molecular weight is 635 g/mol. The first-order valence-corrected chi connectivity index (χ1v) is 14.6. The van der Waals surface area contributed by atoms with Crippen molar-refractivity contribution >= 4 is 81.4 Å². The lowest BCUT2D eigenvalue weighted by molar-refractivity contribution is -0.127. The van der Waals surface area contributed by atoms with Crippen LogP contribution in [0.4, 0.5) is 10.5 Å². The zero-order chi connectivity index (χ0) is 29.8. The van der Waals surface area contributed by atoms with Gasteiger partial charge in [0.1, 0.15) is 6.54 Å². The van der Waals surface area contributed by atoms with Gasteiger partial charge in [-0.2, -0.15) is 0 Å². The molecule has 0 spiro atoms. The second-order valence-electron chi connectivity index (χ2n) is 9.26. The Hall–Kier alpha value is -3.24. The van der Waals surface area contributed by atoms with Crippen molar-refractivity contribution in [3.63, 3.8) is 0 Å². The van der Waals surface area contributed by atoms with Crippen molar-refractivity contribution in [1.29, 1.82) is 0 Å². The number of ether oxygens (including phenoxy) is 1. The van der Waals surface area contributed by atoms with Crippen molar-refractivity contribution in [1.82, 2.24) is 9.47 Å². The molecule has 3 amide bonds. The summed E-state index contributed by atoms with van der Waals surface area (Å²) in [5, 5.41) is 3.08. The third kappa shape index (κ3) is 6.98. The molecule has 1 saturated heterocycles. The Bertz CT molecular complexity index is 1580. The summed E-state index contributed by atoms with van der Waals surface area (Å²) >= 11 is 19.2. The normalized spacial score (nSPS) is 14.2. The highest BCUT2D eigenvalue weighted by Crippen LogP contribution is 2.34. The molecule has 1 aliphatic heterocycles. The number of anilines is 1. The van der Waals surface area contributed by atoms with E-state index in [1.807, 2.05) is 37.5 Å². The number of imide groups is 1. The number of unbranched alkanes of at least 4 members (excludes halogenated alkanes) is 1. The van der Waals surface area contributed by atoms with Crippen LogP contribution in [0, 0.1) is 13.8 Å². The van der Waals surface area contributed by atoms with E-state index in [-0.39, 0.29) is 27.8 Å². The number of nitrogens with one attached hydrogen (secondary N) is 1. The Morgan fingerprint density at radius 2 is 1.73 bits per heavy atom. The van der Waals surface area contributed by atoms with Crippen LogP contribution in [-0.2, 0) is 14.3 Å². The minimum Gasteiger partial charge on any atom is -0.462 e. The second-order valence-corrected chi connectivity index (χ2v) is 11.5. The molecule has 0 atom stereocenters. The number of aryl methyl sites for hydroxylation is 1. The molecule has 1 N–H and O–H groups in total. The van der Waals surface area contributed by atoms with Crippen molar-refractivity contribution in [3.8, 4) is 5.69 Å². The molecule has 4 rings (SSSR count). The summed E-state index contributed by atoms with van der Waals surface area (Å²) in [7, 11) is 0. The number of halogens is 3. The van der Waals surface area contributed by atoms with E-state index >= 15 is 0 Å². The highest BCUT2D eigenvalue weighted by Gasteiger charge is 2.36. The fourth-order valence-electron chi connectivity index (χ4n) is 4.22. The fraction of sp³-hybridized carbons (Fsp3) is 0.241. The number of benzene rings is 2. The van der Waals surface area contributed by atoms with E-state index < -0.39 is 29.6 Å². The van der Waals surface area contributed by atoms with Gasteiger partial charge in [-0.3, -0.25) is 19.3 Å². The van der Waals surface area contributed by atoms with Gasteiger partial charge in [-0.1, -0.05) is 48.1 Å². The first kappa shape index (κ1) is 30.7. The number of amides is 3. The first-order chi connectivity index (χ1) is 19.5. The third-order valence-corrected chi connectivity index (χ3v) is 8.27. The Kier molecular flexibility index (Phi) is 9.86. The van der Waals surface area contributed by atoms with Crippen LogP contribution in [-0.4, -0.2) is 45.6 Å². The molecule has 8 nitrogen and oxygen atoms in total. The molecule has 2 heterocycles. The number of carbonyl (C=O) groups is 4. The number of thioether (sulfide) groups is 1. The van der Waals surface area contributed by atoms with Gasteiger partial charge in [0.2, 0.25) is 5.91 Å². The van der Waals surface area contributed by atoms with Gasteiger partial charge < -0.3 is 14.6 Å². The molecule has 12 heteroatoms. The van der Waals surface area contributed by atoms with Gasteiger partial charge in [0, 0.05) is 22.8 Å². The number of hydrogen-bond acceptors (Lipinski definition) is 6. The van der Waals surface area contributed by atoms with Crippen molar-refractivity contribution in [2.24, 2.45) is 0 Å². The number of esters is 1. The Labute approximate surface area is 256 Å². The molecule has 214 valence electrons. The number of rotatable bonds is 9. The van der Waals surface area contributed by atoms with E-state index in [1.165, 1.54) is 18.2 Å². The van der Waals surface area contributed by atoms with Gasteiger partial charge in [0.05, 0.1) is 32.1 Å². The lowest BCUT2D eigenvalue weighted by atomic mass is 10.2. The van der Waals surface area contributed by atoms with Crippen LogP contribution in [0.2, 0.25) is 15.1 Å². The summed E-state index contributed by atoms with van der Waals surface area (Å²) in [6, 6.07) is 11.6. The number of carbonyl (C=O) groups excluding carboxylic acids is 4. The summed E-state index contributed by atoms with van der Waals surface area (Å²) < 4.78 is 7.17. The maximum atomic E-state index is 13.1. The SMILES string of the molecule is CCCCOC(=O)c1cc(NC(=O)CN2C(=O)S/C(=C\c3cc(C)n(-c4ccc(Cl)c(Cl)c4)c3C)C2=O)ccc1Cl. The molecule has 41 heavy (non-hydrogen) atoms. The minimum atomic E-state index is -0.612. The molecule has 0 bridgehead atoms. The third-order valence-electron chi connectivity index (χ3n) is 6.29. The summed E-state index contributed by atoms with van der Waals surface area (Å²) in [6.45, 7) is 5.54. The zero-order valence-corrected chi connectivity index (χ0v) is 25.5. The van der Waals surface area contributed by atoms with E-state index in [0.717, 1.165) is 45.7 Å². The molecule has 1 aromatic heterocycles. The highest BCUT2D eigenvalue weighted by molar-refractivity contribution is 8.18. The molecule has 0 saturated carbocycles. The number of aromatic nitrogens is 1. The molecule has 1 aliphatic rings. The Balaban J connectivity index is 1.47. The van der Waals surface area contributed by atoms with E-state index in [2.05, 4.69) is 5.32 Å². The lowest BCUT2D eigenvalue weighted by Gasteiger charge is -2.13. The van der Waals surface area contributed by atoms with Gasteiger partial charge in [0.25, 0.3) is 11.1 Å². The van der Waals surface area contributed by atoms with Gasteiger partial charge in [-0.15, -0.1) is 0 Å². The number of hydrogen-bond donors (Lipinski definition) is 1. The van der Waals surface area contributed by atoms with Gasteiger partial charge in [-0.25, -0.2) is 4.79 Å². The van der Waals surface area contributed by atoms with E-state index in [1.54, 1.807) is 18.2 Å². The summed E-state index contributed by atoms with van der Waals surface area (Å²) in [5.41, 5.74) is 3.65. The van der Waals surface area contributed by atoms with Crippen LogP contribution >= 0.6 is 46.6 Å². The Morgan fingerprint density at radius 1 is 1.00 bits per heavy atom. The Morgan fingerprint density at radius 3 is 2.44 bits per heavy atom. The van der Waals surface area contributed by atoms with Crippen LogP contribution in [0.5, 0.6) is 0 Å². The second kappa shape index (κ2) is 13.2. The maximum absolute atomic E-state index is 13.1. The average Bonchev–Trinajstić information content (AvgIpc) is 3.35. The van der Waals surface area contributed by atoms with Crippen LogP contribution in [0.1, 0.15) is 47.1 Å².